The van der Waals surface area contributed by atoms with Crippen molar-refractivity contribution in [3.63, 3.8) is 0 Å². The smallest absolute Gasteiger partial charge is 0.321 e. The summed E-state index contributed by atoms with van der Waals surface area (Å²) >= 11 is 0. The predicted octanol–water partition coefficient (Wildman–Crippen LogP) is 3.42. The van der Waals surface area contributed by atoms with E-state index in [1.807, 2.05) is 13.0 Å². The quantitative estimate of drug-likeness (QED) is 0.919. The molecule has 3 amide bonds. The Morgan fingerprint density at radius 1 is 1.12 bits per heavy atom. The van der Waals surface area contributed by atoms with Gasteiger partial charge in [-0.15, -0.1) is 0 Å². The Morgan fingerprint density at radius 2 is 1.83 bits per heavy atom. The number of nitrogens with zero attached hydrogens (tertiary/aromatic N) is 2. The highest BCUT2D eigenvalue weighted by Crippen LogP contribution is 2.19. The van der Waals surface area contributed by atoms with Crippen LogP contribution in [0.1, 0.15) is 44.2 Å². The summed E-state index contributed by atoms with van der Waals surface area (Å²) < 4.78 is 0. The van der Waals surface area contributed by atoms with Crippen LogP contribution in [0.3, 0.4) is 0 Å². The Bertz CT molecular complexity index is 586. The Hall–Kier alpha value is -2.04. The lowest BCUT2D eigenvalue weighted by Crippen LogP contribution is -2.38. The molecule has 5 heteroatoms. The molecule has 1 aliphatic rings. The minimum Gasteiger partial charge on any atom is -0.341 e. The van der Waals surface area contributed by atoms with E-state index >= 15 is 0 Å². The van der Waals surface area contributed by atoms with Gasteiger partial charge in [0.05, 0.1) is 0 Å². The summed E-state index contributed by atoms with van der Waals surface area (Å²) in [7, 11) is 0. The van der Waals surface area contributed by atoms with Crippen molar-refractivity contribution >= 4 is 17.6 Å². The zero-order valence-corrected chi connectivity index (χ0v) is 15.1. The average molecular weight is 331 g/mol. The minimum atomic E-state index is -0.0789. The second-order valence-electron chi connectivity index (χ2n) is 6.53. The maximum absolute atomic E-state index is 12.5. The van der Waals surface area contributed by atoms with Crippen LogP contribution in [-0.4, -0.2) is 47.9 Å². The summed E-state index contributed by atoms with van der Waals surface area (Å²) in [4.78, 5) is 27.6. The summed E-state index contributed by atoms with van der Waals surface area (Å²) in [6.45, 7) is 8.41. The van der Waals surface area contributed by atoms with Gasteiger partial charge < -0.3 is 15.1 Å². The lowest BCUT2D eigenvalue weighted by atomic mass is 10.0. The Balaban J connectivity index is 1.95. The van der Waals surface area contributed by atoms with E-state index in [0.29, 0.717) is 19.6 Å². The number of aryl methyl sites for hydroxylation is 2. The zero-order valence-electron chi connectivity index (χ0n) is 15.1. The molecule has 1 saturated heterocycles. The maximum atomic E-state index is 12.5. The molecule has 1 aliphatic heterocycles. The summed E-state index contributed by atoms with van der Waals surface area (Å²) in [5, 5.41) is 3.02. The van der Waals surface area contributed by atoms with E-state index in [0.717, 1.165) is 30.6 Å². The monoisotopic (exact) mass is 331 g/mol. The third-order valence-corrected chi connectivity index (χ3v) is 4.58. The zero-order chi connectivity index (χ0) is 17.5. The molecule has 0 saturated carbocycles. The molecule has 2 rings (SSSR count). The molecule has 1 N–H and O–H groups in total. The van der Waals surface area contributed by atoms with Gasteiger partial charge in [-0.05, 0) is 43.4 Å². The number of nitrogens with one attached hydrogen (secondary N) is 1. The summed E-state index contributed by atoms with van der Waals surface area (Å²) in [5.74, 6) is 0.0794. The predicted molar refractivity (Wildman–Crippen MR) is 97.3 cm³/mol. The second kappa shape index (κ2) is 8.71. The van der Waals surface area contributed by atoms with Gasteiger partial charge in [0.2, 0.25) is 5.91 Å². The van der Waals surface area contributed by atoms with Gasteiger partial charge in [0.25, 0.3) is 0 Å². The van der Waals surface area contributed by atoms with E-state index in [4.69, 9.17) is 0 Å². The Kier molecular flexibility index (Phi) is 6.64. The van der Waals surface area contributed by atoms with Gasteiger partial charge in [-0.25, -0.2) is 4.79 Å². The van der Waals surface area contributed by atoms with Crippen molar-refractivity contribution in [1.82, 2.24) is 9.80 Å². The second-order valence-corrected chi connectivity index (χ2v) is 6.53. The molecular weight excluding hydrogens is 302 g/mol. The van der Waals surface area contributed by atoms with Crippen LogP contribution in [0.4, 0.5) is 10.5 Å². The SMILES string of the molecule is CCCCc1ccc(NC(=O)N2CCCN(C(C)=O)CC2)c(C)c1. The number of benzene rings is 1. The highest BCUT2D eigenvalue weighted by atomic mass is 16.2. The standard InChI is InChI=1S/C19H29N3O2/c1-4-5-7-17-8-9-18(15(2)14-17)20-19(24)22-11-6-10-21(12-13-22)16(3)23/h8-9,14H,4-7,10-13H2,1-3H3,(H,20,24). The van der Waals surface area contributed by atoms with E-state index in [1.165, 1.54) is 18.4 Å². The van der Waals surface area contributed by atoms with Gasteiger partial charge in [0, 0.05) is 38.8 Å². The average Bonchev–Trinajstić information content (AvgIpc) is 2.81. The van der Waals surface area contributed by atoms with Crippen LogP contribution in [0, 0.1) is 6.92 Å². The first-order valence-electron chi connectivity index (χ1n) is 8.92. The molecule has 0 atom stereocenters. The van der Waals surface area contributed by atoms with Crippen LogP contribution in [0.2, 0.25) is 0 Å². The molecule has 1 aromatic rings. The Morgan fingerprint density at radius 3 is 2.50 bits per heavy atom. The van der Waals surface area contributed by atoms with Gasteiger partial charge in [0.1, 0.15) is 0 Å². The first-order valence-corrected chi connectivity index (χ1v) is 8.92. The molecule has 132 valence electrons. The van der Waals surface area contributed by atoms with E-state index in [2.05, 4.69) is 24.4 Å². The number of rotatable bonds is 4. The number of carbonyl (C=O) groups excluding carboxylic acids is 2. The highest BCUT2D eigenvalue weighted by Gasteiger charge is 2.20. The van der Waals surface area contributed by atoms with E-state index in [1.54, 1.807) is 16.7 Å². The number of carbonyl (C=O) groups is 2. The molecule has 1 fully saturated rings. The van der Waals surface area contributed by atoms with E-state index in [9.17, 15) is 9.59 Å². The first kappa shape index (κ1) is 18.3. The third-order valence-electron chi connectivity index (χ3n) is 4.58. The van der Waals surface area contributed by atoms with Crippen LogP contribution in [0.15, 0.2) is 18.2 Å². The first-order chi connectivity index (χ1) is 11.5. The van der Waals surface area contributed by atoms with Crippen molar-refractivity contribution < 1.29 is 9.59 Å². The van der Waals surface area contributed by atoms with Gasteiger partial charge in [-0.3, -0.25) is 4.79 Å². The molecule has 0 aromatic heterocycles. The van der Waals surface area contributed by atoms with Crippen molar-refractivity contribution in [3.05, 3.63) is 29.3 Å². The highest BCUT2D eigenvalue weighted by molar-refractivity contribution is 5.90. The molecule has 0 aliphatic carbocycles. The normalized spacial score (nSPS) is 15.1. The topological polar surface area (TPSA) is 52.7 Å². The number of hydrogen-bond donors (Lipinski definition) is 1. The lowest BCUT2D eigenvalue weighted by molar-refractivity contribution is -0.128. The fourth-order valence-electron chi connectivity index (χ4n) is 3.03. The molecule has 0 bridgehead atoms. The molecule has 0 unspecified atom stereocenters. The fourth-order valence-corrected chi connectivity index (χ4v) is 3.03. The maximum Gasteiger partial charge on any atom is 0.321 e. The van der Waals surface area contributed by atoms with Crippen molar-refractivity contribution in [2.75, 3.05) is 31.5 Å². The third kappa shape index (κ3) is 4.98. The van der Waals surface area contributed by atoms with E-state index in [-0.39, 0.29) is 11.9 Å². The summed E-state index contributed by atoms with van der Waals surface area (Å²) in [5.41, 5.74) is 3.28. The molecule has 0 spiro atoms. The van der Waals surface area contributed by atoms with Crippen molar-refractivity contribution in [1.29, 1.82) is 0 Å². The van der Waals surface area contributed by atoms with Crippen LogP contribution in [0.25, 0.3) is 0 Å². The molecule has 24 heavy (non-hydrogen) atoms. The van der Waals surface area contributed by atoms with Gasteiger partial charge in [0.15, 0.2) is 0 Å². The number of amides is 3. The van der Waals surface area contributed by atoms with Crippen LogP contribution < -0.4 is 5.32 Å². The minimum absolute atomic E-state index is 0.0789. The summed E-state index contributed by atoms with van der Waals surface area (Å²) in [6, 6.07) is 6.17. The van der Waals surface area contributed by atoms with Crippen LogP contribution in [-0.2, 0) is 11.2 Å². The molecular formula is C19H29N3O2. The number of unbranched alkanes of at least 4 members (excludes halogenated alkanes) is 1. The number of hydrogen-bond acceptors (Lipinski definition) is 2. The molecule has 0 radical (unpaired) electrons. The fraction of sp³-hybridized carbons (Fsp3) is 0.579. The van der Waals surface area contributed by atoms with Crippen LogP contribution >= 0.6 is 0 Å². The van der Waals surface area contributed by atoms with Gasteiger partial charge >= 0.3 is 6.03 Å². The van der Waals surface area contributed by atoms with E-state index < -0.39 is 0 Å². The number of anilines is 1. The molecule has 1 heterocycles. The molecule has 5 nitrogen and oxygen atoms in total. The lowest BCUT2D eigenvalue weighted by Gasteiger charge is -2.22. The largest absolute Gasteiger partial charge is 0.341 e. The summed E-state index contributed by atoms with van der Waals surface area (Å²) in [6.07, 6.45) is 4.27. The van der Waals surface area contributed by atoms with Crippen molar-refractivity contribution in [2.45, 2.75) is 46.5 Å². The van der Waals surface area contributed by atoms with Gasteiger partial charge in [-0.1, -0.05) is 25.5 Å². The van der Waals surface area contributed by atoms with Crippen LogP contribution in [0.5, 0.6) is 0 Å². The number of urea groups is 1. The molecule has 1 aromatic carbocycles. The van der Waals surface area contributed by atoms with Crippen molar-refractivity contribution in [2.24, 2.45) is 0 Å². The van der Waals surface area contributed by atoms with Gasteiger partial charge in [-0.2, -0.15) is 0 Å². The Labute approximate surface area is 145 Å². The van der Waals surface area contributed by atoms with Crippen molar-refractivity contribution in [3.8, 4) is 0 Å².